The van der Waals surface area contributed by atoms with Crippen molar-refractivity contribution in [2.24, 2.45) is 17.8 Å². The van der Waals surface area contributed by atoms with Gasteiger partial charge in [0.25, 0.3) is 0 Å². The molecule has 0 aliphatic heterocycles. The molecule has 0 saturated heterocycles. The zero-order valence-electron chi connectivity index (χ0n) is 11.3. The molecule has 0 radical (unpaired) electrons. The minimum absolute atomic E-state index is 0.613. The average molecular weight is 279 g/mol. The second-order valence-corrected chi connectivity index (χ2v) is 7.32. The smallest absolute Gasteiger partial charge is 0.120 e. The van der Waals surface area contributed by atoms with E-state index in [4.69, 9.17) is 10.5 Å². The fourth-order valence-electron chi connectivity index (χ4n) is 3.70. The Bertz CT molecular complexity index is 503. The van der Waals surface area contributed by atoms with Crippen LogP contribution in [0.4, 0.5) is 5.69 Å². The zero-order valence-corrected chi connectivity index (χ0v) is 12.1. The maximum Gasteiger partial charge on any atom is 0.120 e. The van der Waals surface area contributed by atoms with E-state index in [0.29, 0.717) is 11.6 Å². The molecule has 0 spiro atoms. The number of benzene rings is 1. The summed E-state index contributed by atoms with van der Waals surface area (Å²) in [6.45, 7) is 0. The van der Waals surface area contributed by atoms with Crippen LogP contribution >= 0.6 is 0 Å². The summed E-state index contributed by atoms with van der Waals surface area (Å²) in [5, 5.41) is 0. The first kappa shape index (κ1) is 13.0. The number of nitrogen functional groups attached to an aromatic ring is 1. The van der Waals surface area contributed by atoms with E-state index in [2.05, 4.69) is 0 Å². The summed E-state index contributed by atoms with van der Waals surface area (Å²) < 4.78 is 17.7. The molecule has 2 aliphatic rings. The molecule has 0 aromatic heterocycles. The third-order valence-electron chi connectivity index (χ3n) is 4.72. The quantitative estimate of drug-likeness (QED) is 0.862. The first-order chi connectivity index (χ1) is 9.17. The summed E-state index contributed by atoms with van der Waals surface area (Å²) in [4.78, 5) is 0.738. The van der Waals surface area contributed by atoms with Crippen molar-refractivity contribution in [3.05, 3.63) is 18.2 Å². The lowest BCUT2D eigenvalue weighted by atomic mass is 9.90. The van der Waals surface area contributed by atoms with Gasteiger partial charge in [-0.15, -0.1) is 0 Å². The van der Waals surface area contributed by atoms with Crippen LogP contribution in [0.15, 0.2) is 23.1 Å². The Hall–Kier alpha value is -1.03. The number of fused-ring (bicyclic) bond motifs is 2. The lowest BCUT2D eigenvalue weighted by Gasteiger charge is -2.21. The molecule has 2 fully saturated rings. The molecule has 19 heavy (non-hydrogen) atoms. The highest BCUT2D eigenvalue weighted by Gasteiger charge is 2.40. The number of anilines is 1. The number of methoxy groups -OCH3 is 1. The van der Waals surface area contributed by atoms with Crippen molar-refractivity contribution in [1.82, 2.24) is 0 Å². The monoisotopic (exact) mass is 279 g/mol. The molecular formula is C15H21NO2S. The van der Waals surface area contributed by atoms with Crippen LogP contribution in [0.1, 0.15) is 25.7 Å². The van der Waals surface area contributed by atoms with Gasteiger partial charge in [0.05, 0.1) is 22.8 Å². The Morgan fingerprint density at radius 3 is 2.84 bits per heavy atom. The van der Waals surface area contributed by atoms with Crippen LogP contribution in [0.25, 0.3) is 0 Å². The fourth-order valence-corrected chi connectivity index (χ4v) is 5.26. The predicted octanol–water partition coefficient (Wildman–Crippen LogP) is 2.82. The van der Waals surface area contributed by atoms with Gasteiger partial charge in [0, 0.05) is 11.4 Å². The molecule has 2 saturated carbocycles. The third kappa shape index (κ3) is 2.50. The summed E-state index contributed by atoms with van der Waals surface area (Å²) in [5.74, 6) is 3.82. The fraction of sp³-hybridized carbons (Fsp3) is 0.600. The predicted molar refractivity (Wildman–Crippen MR) is 77.6 cm³/mol. The van der Waals surface area contributed by atoms with Gasteiger partial charge in [0.15, 0.2) is 0 Å². The number of nitrogens with two attached hydrogens (primary N) is 1. The summed E-state index contributed by atoms with van der Waals surface area (Å²) in [7, 11) is 0.616. The zero-order chi connectivity index (χ0) is 13.4. The van der Waals surface area contributed by atoms with E-state index in [-0.39, 0.29) is 0 Å². The molecule has 4 unspecified atom stereocenters. The van der Waals surface area contributed by atoms with Crippen LogP contribution in [0.5, 0.6) is 5.75 Å². The van der Waals surface area contributed by atoms with Gasteiger partial charge >= 0.3 is 0 Å². The van der Waals surface area contributed by atoms with E-state index in [1.165, 1.54) is 25.7 Å². The SMILES string of the molecule is COc1ccc(N)c(S(=O)CC2CC3CCC2C3)c1. The number of hydrogen-bond donors (Lipinski definition) is 1. The Kier molecular flexibility index (Phi) is 3.52. The molecule has 4 heteroatoms. The number of rotatable bonds is 4. The van der Waals surface area contributed by atoms with Gasteiger partial charge in [-0.25, -0.2) is 0 Å². The van der Waals surface area contributed by atoms with Crippen LogP contribution in [0.3, 0.4) is 0 Å². The molecular weight excluding hydrogens is 258 g/mol. The molecule has 0 heterocycles. The lowest BCUT2D eigenvalue weighted by molar-refractivity contribution is 0.363. The van der Waals surface area contributed by atoms with Crippen molar-refractivity contribution in [2.75, 3.05) is 18.6 Å². The van der Waals surface area contributed by atoms with Crippen LogP contribution in [-0.2, 0) is 10.8 Å². The molecule has 2 bridgehead atoms. The van der Waals surface area contributed by atoms with E-state index in [9.17, 15) is 4.21 Å². The Morgan fingerprint density at radius 2 is 2.21 bits per heavy atom. The molecule has 0 amide bonds. The molecule has 1 aromatic rings. The molecule has 2 aliphatic carbocycles. The van der Waals surface area contributed by atoms with Gasteiger partial charge in [-0.2, -0.15) is 0 Å². The molecule has 104 valence electrons. The van der Waals surface area contributed by atoms with Crippen molar-refractivity contribution >= 4 is 16.5 Å². The highest BCUT2D eigenvalue weighted by atomic mass is 32.2. The Morgan fingerprint density at radius 1 is 1.37 bits per heavy atom. The molecule has 3 rings (SSSR count). The second-order valence-electron chi connectivity index (χ2n) is 5.85. The molecule has 3 nitrogen and oxygen atoms in total. The summed E-state index contributed by atoms with van der Waals surface area (Å²) >= 11 is 0. The average Bonchev–Trinajstić information content (AvgIpc) is 3.01. The Balaban J connectivity index is 1.73. The topological polar surface area (TPSA) is 52.3 Å². The lowest BCUT2D eigenvalue weighted by Crippen LogP contribution is -2.18. The van der Waals surface area contributed by atoms with Gasteiger partial charge in [-0.3, -0.25) is 4.21 Å². The summed E-state index contributed by atoms with van der Waals surface area (Å²) in [6.07, 6.45) is 5.34. The summed E-state index contributed by atoms with van der Waals surface area (Å²) in [5.41, 5.74) is 6.56. The van der Waals surface area contributed by atoms with E-state index < -0.39 is 10.8 Å². The second kappa shape index (κ2) is 5.16. The minimum atomic E-state index is -1.00. The normalized spacial score (nSPS) is 30.5. The van der Waals surface area contributed by atoms with E-state index >= 15 is 0 Å². The van der Waals surface area contributed by atoms with E-state index in [1.54, 1.807) is 13.2 Å². The maximum atomic E-state index is 12.5. The van der Waals surface area contributed by atoms with Crippen molar-refractivity contribution in [3.8, 4) is 5.75 Å². The Labute approximate surface area is 117 Å². The van der Waals surface area contributed by atoms with Gasteiger partial charge in [0.1, 0.15) is 5.75 Å². The van der Waals surface area contributed by atoms with Crippen LogP contribution in [0.2, 0.25) is 0 Å². The minimum Gasteiger partial charge on any atom is -0.497 e. The highest BCUT2D eigenvalue weighted by molar-refractivity contribution is 7.85. The van der Waals surface area contributed by atoms with Gasteiger partial charge in [-0.05, 0) is 55.2 Å². The molecule has 1 aromatic carbocycles. The number of hydrogen-bond acceptors (Lipinski definition) is 3. The van der Waals surface area contributed by atoms with Crippen LogP contribution in [-0.4, -0.2) is 17.1 Å². The van der Waals surface area contributed by atoms with Gasteiger partial charge in [-0.1, -0.05) is 6.42 Å². The van der Waals surface area contributed by atoms with Gasteiger partial charge < -0.3 is 10.5 Å². The van der Waals surface area contributed by atoms with Crippen molar-refractivity contribution in [1.29, 1.82) is 0 Å². The standard InChI is InChI=1S/C15H21NO2S/c1-18-13-4-5-14(16)15(8-13)19(17)9-12-7-10-2-3-11(12)6-10/h4-5,8,10-12H,2-3,6-7,9,16H2,1H3. The highest BCUT2D eigenvalue weighted by Crippen LogP contribution is 2.48. The third-order valence-corrected chi connectivity index (χ3v) is 6.29. The molecule has 2 N–H and O–H groups in total. The number of ether oxygens (including phenoxy) is 1. The maximum absolute atomic E-state index is 12.5. The van der Waals surface area contributed by atoms with Gasteiger partial charge in [0.2, 0.25) is 0 Å². The van der Waals surface area contributed by atoms with Crippen molar-refractivity contribution in [2.45, 2.75) is 30.6 Å². The van der Waals surface area contributed by atoms with Crippen LogP contribution in [0, 0.1) is 17.8 Å². The largest absolute Gasteiger partial charge is 0.497 e. The van der Waals surface area contributed by atoms with Crippen molar-refractivity contribution in [3.63, 3.8) is 0 Å². The molecule has 4 atom stereocenters. The van der Waals surface area contributed by atoms with E-state index in [1.807, 2.05) is 12.1 Å². The van der Waals surface area contributed by atoms with Crippen LogP contribution < -0.4 is 10.5 Å². The first-order valence-electron chi connectivity index (χ1n) is 6.99. The first-order valence-corrected chi connectivity index (χ1v) is 8.31. The van der Waals surface area contributed by atoms with E-state index in [0.717, 1.165) is 28.2 Å². The van der Waals surface area contributed by atoms with Crippen molar-refractivity contribution < 1.29 is 8.95 Å². The summed E-state index contributed by atoms with van der Waals surface area (Å²) in [6, 6.07) is 5.42.